The molecule has 0 spiro atoms. The van der Waals surface area contributed by atoms with Crippen LogP contribution in [0, 0.1) is 11.3 Å². The van der Waals surface area contributed by atoms with E-state index in [9.17, 15) is 0 Å². The minimum atomic E-state index is 0.589. The molecule has 12 heavy (non-hydrogen) atoms. The molecule has 1 aliphatic carbocycles. The molecule has 2 atom stereocenters. The van der Waals surface area contributed by atoms with Crippen molar-refractivity contribution in [2.24, 2.45) is 11.3 Å². The SMILES string of the molecule is CCNC1CCC(C)(C)CC1C. The van der Waals surface area contributed by atoms with Crippen LogP contribution in [0.3, 0.4) is 0 Å². The lowest BCUT2D eigenvalue weighted by molar-refractivity contribution is 0.150. The monoisotopic (exact) mass is 169 g/mol. The molecule has 0 bridgehead atoms. The third kappa shape index (κ3) is 2.48. The zero-order valence-electron chi connectivity index (χ0n) is 8.98. The van der Waals surface area contributed by atoms with Gasteiger partial charge in [0.15, 0.2) is 0 Å². The summed E-state index contributed by atoms with van der Waals surface area (Å²) in [6.45, 7) is 10.5. The van der Waals surface area contributed by atoms with Crippen molar-refractivity contribution in [2.45, 2.75) is 53.0 Å². The van der Waals surface area contributed by atoms with Gasteiger partial charge in [-0.05, 0) is 37.1 Å². The maximum atomic E-state index is 3.57. The van der Waals surface area contributed by atoms with E-state index in [1.807, 2.05) is 0 Å². The summed E-state index contributed by atoms with van der Waals surface area (Å²) < 4.78 is 0. The molecule has 0 radical (unpaired) electrons. The third-order valence-electron chi connectivity index (χ3n) is 3.16. The molecule has 0 aromatic rings. The lowest BCUT2D eigenvalue weighted by Gasteiger charge is -2.39. The van der Waals surface area contributed by atoms with Crippen molar-refractivity contribution in [3.05, 3.63) is 0 Å². The van der Waals surface area contributed by atoms with E-state index in [0.29, 0.717) is 5.41 Å². The first-order chi connectivity index (χ1) is 5.55. The van der Waals surface area contributed by atoms with Crippen LogP contribution < -0.4 is 5.32 Å². The first-order valence-corrected chi connectivity index (χ1v) is 5.28. The minimum Gasteiger partial charge on any atom is -0.314 e. The molecule has 72 valence electrons. The first-order valence-electron chi connectivity index (χ1n) is 5.28. The largest absolute Gasteiger partial charge is 0.314 e. The second-order valence-electron chi connectivity index (χ2n) is 5.05. The van der Waals surface area contributed by atoms with Gasteiger partial charge in [-0.25, -0.2) is 0 Å². The zero-order valence-corrected chi connectivity index (χ0v) is 8.98. The van der Waals surface area contributed by atoms with Crippen molar-refractivity contribution in [3.63, 3.8) is 0 Å². The van der Waals surface area contributed by atoms with Crippen LogP contribution in [-0.4, -0.2) is 12.6 Å². The van der Waals surface area contributed by atoms with Gasteiger partial charge in [0.25, 0.3) is 0 Å². The highest BCUT2D eigenvalue weighted by Gasteiger charge is 2.31. The van der Waals surface area contributed by atoms with E-state index in [0.717, 1.165) is 18.5 Å². The summed E-state index contributed by atoms with van der Waals surface area (Å²) in [7, 11) is 0. The lowest BCUT2D eigenvalue weighted by Crippen LogP contribution is -2.41. The highest BCUT2D eigenvalue weighted by molar-refractivity contribution is 4.86. The molecule has 1 aliphatic rings. The fraction of sp³-hybridized carbons (Fsp3) is 1.00. The van der Waals surface area contributed by atoms with E-state index in [1.165, 1.54) is 19.3 Å². The normalized spacial score (nSPS) is 35.0. The van der Waals surface area contributed by atoms with Crippen molar-refractivity contribution >= 4 is 0 Å². The van der Waals surface area contributed by atoms with E-state index >= 15 is 0 Å². The predicted octanol–water partition coefficient (Wildman–Crippen LogP) is 2.81. The zero-order chi connectivity index (χ0) is 9.19. The van der Waals surface area contributed by atoms with Crippen molar-refractivity contribution in [1.29, 1.82) is 0 Å². The summed E-state index contributed by atoms with van der Waals surface area (Å²) in [6, 6.07) is 0.781. The minimum absolute atomic E-state index is 0.589. The van der Waals surface area contributed by atoms with Crippen LogP contribution in [0.15, 0.2) is 0 Å². The molecule has 1 N–H and O–H groups in total. The first kappa shape index (κ1) is 10.0. The molecule has 0 aromatic heterocycles. The maximum Gasteiger partial charge on any atom is 0.00929 e. The third-order valence-corrected chi connectivity index (χ3v) is 3.16. The molecule has 0 heterocycles. The molecule has 0 aliphatic heterocycles. The summed E-state index contributed by atoms with van der Waals surface area (Å²) in [6.07, 6.45) is 4.13. The molecule has 1 nitrogen and oxygen atoms in total. The Morgan fingerprint density at radius 1 is 1.42 bits per heavy atom. The summed E-state index contributed by atoms with van der Waals surface area (Å²) in [5, 5.41) is 3.57. The van der Waals surface area contributed by atoms with E-state index in [1.54, 1.807) is 0 Å². The number of hydrogen-bond acceptors (Lipinski definition) is 1. The molecule has 1 fully saturated rings. The van der Waals surface area contributed by atoms with Crippen LogP contribution in [0.1, 0.15) is 47.0 Å². The second kappa shape index (κ2) is 3.78. The Morgan fingerprint density at radius 2 is 2.08 bits per heavy atom. The molecular formula is C11H23N. The summed E-state index contributed by atoms with van der Waals surface area (Å²) in [5.41, 5.74) is 0.589. The Bertz CT molecular complexity index is 140. The Hall–Kier alpha value is -0.0400. The second-order valence-corrected chi connectivity index (χ2v) is 5.05. The van der Waals surface area contributed by atoms with Crippen LogP contribution in [0.25, 0.3) is 0 Å². The van der Waals surface area contributed by atoms with E-state index in [2.05, 4.69) is 33.0 Å². The summed E-state index contributed by atoms with van der Waals surface area (Å²) in [4.78, 5) is 0. The van der Waals surface area contributed by atoms with Gasteiger partial charge in [-0.15, -0.1) is 0 Å². The quantitative estimate of drug-likeness (QED) is 0.670. The van der Waals surface area contributed by atoms with Gasteiger partial charge in [0.05, 0.1) is 0 Å². The molecule has 0 amide bonds. The van der Waals surface area contributed by atoms with Gasteiger partial charge in [-0.3, -0.25) is 0 Å². The number of rotatable bonds is 2. The fourth-order valence-corrected chi connectivity index (χ4v) is 2.51. The van der Waals surface area contributed by atoms with Crippen molar-refractivity contribution in [1.82, 2.24) is 5.32 Å². The molecule has 1 heteroatoms. The van der Waals surface area contributed by atoms with E-state index in [4.69, 9.17) is 0 Å². The lowest BCUT2D eigenvalue weighted by atomic mass is 9.70. The standard InChI is InChI=1S/C11H23N/c1-5-12-10-6-7-11(3,4)8-9(10)2/h9-10,12H,5-8H2,1-4H3. The number of nitrogens with one attached hydrogen (secondary N) is 1. The predicted molar refractivity (Wildman–Crippen MR) is 54.3 cm³/mol. The van der Waals surface area contributed by atoms with E-state index < -0.39 is 0 Å². The van der Waals surface area contributed by atoms with Gasteiger partial charge in [-0.2, -0.15) is 0 Å². The van der Waals surface area contributed by atoms with Gasteiger partial charge < -0.3 is 5.32 Å². The Balaban J connectivity index is 2.42. The summed E-state index contributed by atoms with van der Waals surface area (Å²) >= 11 is 0. The van der Waals surface area contributed by atoms with Crippen molar-refractivity contribution < 1.29 is 0 Å². The smallest absolute Gasteiger partial charge is 0.00929 e. The van der Waals surface area contributed by atoms with Gasteiger partial charge in [-0.1, -0.05) is 27.7 Å². The molecule has 1 saturated carbocycles. The van der Waals surface area contributed by atoms with Gasteiger partial charge in [0.1, 0.15) is 0 Å². The van der Waals surface area contributed by atoms with Crippen LogP contribution in [0.2, 0.25) is 0 Å². The van der Waals surface area contributed by atoms with E-state index in [-0.39, 0.29) is 0 Å². The van der Waals surface area contributed by atoms with Crippen LogP contribution in [0.5, 0.6) is 0 Å². The van der Waals surface area contributed by atoms with Crippen LogP contribution >= 0.6 is 0 Å². The van der Waals surface area contributed by atoms with Crippen molar-refractivity contribution in [2.75, 3.05) is 6.54 Å². The highest BCUT2D eigenvalue weighted by Crippen LogP contribution is 2.38. The molecule has 0 saturated heterocycles. The topological polar surface area (TPSA) is 12.0 Å². The molecule has 1 rings (SSSR count). The Kier molecular flexibility index (Phi) is 3.16. The van der Waals surface area contributed by atoms with Gasteiger partial charge in [0, 0.05) is 6.04 Å². The maximum absolute atomic E-state index is 3.57. The van der Waals surface area contributed by atoms with Gasteiger partial charge >= 0.3 is 0 Å². The highest BCUT2D eigenvalue weighted by atomic mass is 14.9. The van der Waals surface area contributed by atoms with Crippen molar-refractivity contribution in [3.8, 4) is 0 Å². The average molecular weight is 169 g/mol. The van der Waals surface area contributed by atoms with Crippen LogP contribution in [-0.2, 0) is 0 Å². The van der Waals surface area contributed by atoms with Crippen LogP contribution in [0.4, 0.5) is 0 Å². The fourth-order valence-electron chi connectivity index (χ4n) is 2.51. The molecule has 2 unspecified atom stereocenters. The average Bonchev–Trinajstić information content (AvgIpc) is 1.94. The Morgan fingerprint density at radius 3 is 2.58 bits per heavy atom. The molecule has 0 aromatic carbocycles. The van der Waals surface area contributed by atoms with Gasteiger partial charge in [0.2, 0.25) is 0 Å². The summed E-state index contributed by atoms with van der Waals surface area (Å²) in [5.74, 6) is 0.855. The number of hydrogen-bond donors (Lipinski definition) is 1. The molecular weight excluding hydrogens is 146 g/mol. The Labute approximate surface area is 76.9 Å².